The first-order chi connectivity index (χ1) is 18.7. The number of hydrogen-bond acceptors (Lipinski definition) is 7. The Morgan fingerprint density at radius 1 is 1.08 bits per heavy atom. The molecule has 0 aliphatic carbocycles. The number of nitrogens with zero attached hydrogens (tertiary/aromatic N) is 1. The van der Waals surface area contributed by atoms with Crippen molar-refractivity contribution < 1.29 is 28.5 Å². The zero-order chi connectivity index (χ0) is 28.4. The molecule has 1 aliphatic heterocycles. The van der Waals surface area contributed by atoms with E-state index >= 15 is 0 Å². The van der Waals surface area contributed by atoms with Crippen LogP contribution in [0.1, 0.15) is 70.1 Å². The quantitative estimate of drug-likeness (QED) is 0.149. The van der Waals surface area contributed by atoms with Crippen molar-refractivity contribution in [1.82, 2.24) is 4.90 Å². The Balaban J connectivity index is 1.62. The molecule has 2 atom stereocenters. The van der Waals surface area contributed by atoms with Crippen molar-refractivity contribution in [1.29, 1.82) is 0 Å². The lowest BCUT2D eigenvalue weighted by atomic mass is 9.84. The van der Waals surface area contributed by atoms with E-state index in [4.69, 9.17) is 24.7 Å². The number of aryl methyl sites for hydroxylation is 1. The fourth-order valence-corrected chi connectivity index (χ4v) is 4.78. The average Bonchev–Trinajstić information content (AvgIpc) is 2.95. The lowest BCUT2D eigenvalue weighted by molar-refractivity contribution is -0.154. The molecule has 0 saturated carbocycles. The highest BCUT2D eigenvalue weighted by Crippen LogP contribution is 2.31. The maximum atomic E-state index is 13.0. The molecule has 2 N–H and O–H groups in total. The molecule has 0 radical (unpaired) electrons. The van der Waals surface area contributed by atoms with E-state index in [1.54, 1.807) is 19.1 Å². The van der Waals surface area contributed by atoms with Crippen LogP contribution < -0.4 is 15.2 Å². The Labute approximate surface area is 232 Å². The molecule has 8 nitrogen and oxygen atoms in total. The van der Waals surface area contributed by atoms with Gasteiger partial charge in [0, 0.05) is 17.6 Å². The van der Waals surface area contributed by atoms with Crippen molar-refractivity contribution in [3.8, 4) is 11.5 Å². The molecule has 39 heavy (non-hydrogen) atoms. The van der Waals surface area contributed by atoms with E-state index in [0.717, 1.165) is 36.8 Å². The number of nitrogens with two attached hydrogens (primary N) is 1. The van der Waals surface area contributed by atoms with Crippen LogP contribution in [0.5, 0.6) is 11.5 Å². The first-order valence-corrected chi connectivity index (χ1v) is 13.8. The molecule has 1 fully saturated rings. The summed E-state index contributed by atoms with van der Waals surface area (Å²) in [5.41, 5.74) is 8.13. The molecule has 1 aliphatic rings. The number of rotatable bonds is 14. The largest absolute Gasteiger partial charge is 0.493 e. The number of Topliss-reactive ketones (excluding diaryl/α,β-unsaturated/α-hetero) is 1. The first kappa shape index (κ1) is 30.4. The maximum absolute atomic E-state index is 13.0. The van der Waals surface area contributed by atoms with Gasteiger partial charge in [-0.05, 0) is 73.9 Å². The molecule has 1 heterocycles. The third kappa shape index (κ3) is 8.19. The topological polar surface area (TPSA) is 100 Å². The smallest absolute Gasteiger partial charge is 0.290 e. The first-order valence-electron chi connectivity index (χ1n) is 13.8. The SMILES string of the molecule is CCC(C)(C)C(=O)C(=O)N1CCCCC1COCOC(CCc1ccc(OC)c(OC)c1)c1cccc(N)c1. The number of methoxy groups -OCH3 is 2. The van der Waals surface area contributed by atoms with Crippen LogP contribution in [0.25, 0.3) is 0 Å². The minimum absolute atomic E-state index is 0.0678. The summed E-state index contributed by atoms with van der Waals surface area (Å²) in [5, 5.41) is 0. The zero-order valence-corrected chi connectivity index (χ0v) is 24.0. The Kier molecular flexibility index (Phi) is 11.2. The summed E-state index contributed by atoms with van der Waals surface area (Å²) in [6.07, 6.45) is 4.54. The number of carbonyl (C=O) groups is 2. The molecule has 3 rings (SSSR count). The fraction of sp³-hybridized carbons (Fsp3) is 0.548. The van der Waals surface area contributed by atoms with Gasteiger partial charge in [0.15, 0.2) is 11.5 Å². The molecule has 1 saturated heterocycles. The van der Waals surface area contributed by atoms with Crippen LogP contribution in [0.15, 0.2) is 42.5 Å². The highest BCUT2D eigenvalue weighted by molar-refractivity contribution is 6.38. The second-order valence-electron chi connectivity index (χ2n) is 10.8. The number of hydrogen-bond donors (Lipinski definition) is 1. The number of nitrogen functional groups attached to an aromatic ring is 1. The molecule has 0 bridgehead atoms. The molecular formula is C31H44N2O6. The summed E-state index contributed by atoms with van der Waals surface area (Å²) in [7, 11) is 3.24. The summed E-state index contributed by atoms with van der Waals surface area (Å²) in [6.45, 7) is 6.56. The Bertz CT molecular complexity index is 1100. The summed E-state index contributed by atoms with van der Waals surface area (Å²) in [4.78, 5) is 27.6. The number of ether oxygens (including phenoxy) is 4. The monoisotopic (exact) mass is 540 g/mol. The third-order valence-corrected chi connectivity index (χ3v) is 7.67. The van der Waals surface area contributed by atoms with Gasteiger partial charge in [-0.15, -0.1) is 0 Å². The second kappa shape index (κ2) is 14.3. The highest BCUT2D eigenvalue weighted by atomic mass is 16.7. The molecule has 214 valence electrons. The lowest BCUT2D eigenvalue weighted by Crippen LogP contribution is -2.51. The summed E-state index contributed by atoms with van der Waals surface area (Å²) < 4.78 is 23.0. The molecule has 2 unspecified atom stereocenters. The van der Waals surface area contributed by atoms with E-state index in [9.17, 15) is 9.59 Å². The van der Waals surface area contributed by atoms with Gasteiger partial charge in [-0.3, -0.25) is 9.59 Å². The van der Waals surface area contributed by atoms with Crippen molar-refractivity contribution in [3.05, 3.63) is 53.6 Å². The minimum Gasteiger partial charge on any atom is -0.493 e. The van der Waals surface area contributed by atoms with Gasteiger partial charge in [-0.2, -0.15) is 0 Å². The second-order valence-corrected chi connectivity index (χ2v) is 10.8. The van der Waals surface area contributed by atoms with E-state index in [1.165, 1.54) is 0 Å². The van der Waals surface area contributed by atoms with Gasteiger partial charge in [-0.25, -0.2) is 0 Å². The summed E-state index contributed by atoms with van der Waals surface area (Å²) >= 11 is 0. The van der Waals surface area contributed by atoms with E-state index in [1.807, 2.05) is 63.2 Å². The number of benzene rings is 2. The van der Waals surface area contributed by atoms with Crippen LogP contribution in [0.2, 0.25) is 0 Å². The fourth-order valence-electron chi connectivity index (χ4n) is 4.78. The number of carbonyl (C=O) groups excluding carboxylic acids is 2. The third-order valence-electron chi connectivity index (χ3n) is 7.67. The van der Waals surface area contributed by atoms with Crippen LogP contribution >= 0.6 is 0 Å². The lowest BCUT2D eigenvalue weighted by Gasteiger charge is -2.36. The number of anilines is 1. The molecular weight excluding hydrogens is 496 g/mol. The van der Waals surface area contributed by atoms with Crippen LogP contribution in [-0.4, -0.2) is 56.8 Å². The van der Waals surface area contributed by atoms with Crippen LogP contribution in [0, 0.1) is 5.41 Å². The van der Waals surface area contributed by atoms with Gasteiger partial charge in [0.2, 0.25) is 5.78 Å². The summed E-state index contributed by atoms with van der Waals surface area (Å²) in [6, 6.07) is 13.4. The Hall–Kier alpha value is -3.10. The van der Waals surface area contributed by atoms with E-state index in [-0.39, 0.29) is 24.7 Å². The van der Waals surface area contributed by atoms with Crippen molar-refractivity contribution in [2.75, 3.05) is 39.9 Å². The van der Waals surface area contributed by atoms with Crippen LogP contribution in [-0.2, 0) is 25.5 Å². The van der Waals surface area contributed by atoms with Crippen molar-refractivity contribution in [3.63, 3.8) is 0 Å². The zero-order valence-electron chi connectivity index (χ0n) is 24.0. The molecule has 2 aromatic carbocycles. The van der Waals surface area contributed by atoms with Crippen LogP contribution in [0.4, 0.5) is 5.69 Å². The maximum Gasteiger partial charge on any atom is 0.290 e. The Morgan fingerprint density at radius 3 is 2.54 bits per heavy atom. The molecule has 0 aromatic heterocycles. The Morgan fingerprint density at radius 2 is 1.85 bits per heavy atom. The van der Waals surface area contributed by atoms with Gasteiger partial charge in [0.25, 0.3) is 5.91 Å². The van der Waals surface area contributed by atoms with Gasteiger partial charge >= 0.3 is 0 Å². The van der Waals surface area contributed by atoms with Gasteiger partial charge in [-0.1, -0.05) is 39.0 Å². The predicted molar refractivity (Wildman–Crippen MR) is 152 cm³/mol. The highest BCUT2D eigenvalue weighted by Gasteiger charge is 2.37. The molecule has 2 aromatic rings. The number of likely N-dealkylation sites (tertiary alicyclic amines) is 1. The predicted octanol–water partition coefficient (Wildman–Crippen LogP) is 5.34. The van der Waals surface area contributed by atoms with Crippen molar-refractivity contribution >= 4 is 17.4 Å². The van der Waals surface area contributed by atoms with Gasteiger partial charge in [0.05, 0.1) is 33.0 Å². The number of piperidine rings is 1. The average molecular weight is 541 g/mol. The van der Waals surface area contributed by atoms with Crippen molar-refractivity contribution in [2.45, 2.75) is 71.4 Å². The molecule has 0 spiro atoms. The standard InChI is InChI=1S/C31H44N2O6/c1-6-31(2,3)29(34)30(35)33-17-8-7-12-25(33)20-38-21-39-26(23-10-9-11-24(32)19-23)15-13-22-14-16-27(36-4)28(18-22)37-5/h9-11,14,16,18-19,25-26H,6-8,12-13,15,17,20-21,32H2,1-5H3. The minimum atomic E-state index is -0.665. The molecule has 8 heteroatoms. The van der Waals surface area contributed by atoms with Crippen LogP contribution in [0.3, 0.4) is 0 Å². The summed E-state index contributed by atoms with van der Waals surface area (Å²) in [5.74, 6) is 0.647. The van der Waals surface area contributed by atoms with Gasteiger partial charge in [0.1, 0.15) is 6.79 Å². The van der Waals surface area contributed by atoms with Crippen molar-refractivity contribution in [2.24, 2.45) is 5.41 Å². The number of ketones is 1. The number of amides is 1. The van der Waals surface area contributed by atoms with E-state index < -0.39 is 11.3 Å². The normalized spacial score (nSPS) is 16.5. The van der Waals surface area contributed by atoms with E-state index in [2.05, 4.69) is 0 Å². The van der Waals surface area contributed by atoms with Gasteiger partial charge < -0.3 is 29.6 Å². The molecule has 1 amide bonds. The van der Waals surface area contributed by atoms with E-state index in [0.29, 0.717) is 43.2 Å².